The first kappa shape index (κ1) is 12.9. The number of rotatable bonds is 4. The summed E-state index contributed by atoms with van der Waals surface area (Å²) in [6.07, 6.45) is 4.56. The van der Waals surface area contributed by atoms with Crippen LogP contribution in [0.2, 0.25) is 0 Å². The Balaban J connectivity index is 2.26. The number of primary amides is 1. The highest BCUT2D eigenvalue weighted by Gasteiger charge is 2.41. The van der Waals surface area contributed by atoms with E-state index >= 15 is 0 Å². The molecular weight excluding hydrogens is 224 g/mol. The van der Waals surface area contributed by atoms with Crippen molar-refractivity contribution < 1.29 is 4.79 Å². The van der Waals surface area contributed by atoms with E-state index in [-0.39, 0.29) is 5.91 Å². The Hall–Kier alpha value is -1.51. The minimum atomic E-state index is -0.636. The molecule has 3 nitrogen and oxygen atoms in total. The highest BCUT2D eigenvalue weighted by atomic mass is 16.1. The number of carbonyl (C=O) groups is 1. The molecule has 1 unspecified atom stereocenters. The number of benzene rings is 1. The maximum Gasteiger partial charge on any atom is 0.243 e. The summed E-state index contributed by atoms with van der Waals surface area (Å²) in [5.41, 5.74) is 7.16. The highest BCUT2D eigenvalue weighted by molar-refractivity contribution is 5.88. The summed E-state index contributed by atoms with van der Waals surface area (Å²) in [7, 11) is 0. The number of carbonyl (C=O) groups excluding carboxylic acids is 1. The van der Waals surface area contributed by atoms with Crippen LogP contribution in [0.3, 0.4) is 0 Å². The monoisotopic (exact) mass is 246 g/mol. The standard InChI is InChI=1S/C15H22N2O/c1-11-7-3-6-10-13(11)17-15(2,14(16)18)12-8-4-5-9-12/h3,6-7,10,12,17H,4-5,8-9H2,1-2H3,(H2,16,18). The average Bonchev–Trinajstić information content (AvgIpc) is 2.86. The van der Waals surface area contributed by atoms with Gasteiger partial charge in [-0.2, -0.15) is 0 Å². The molecule has 1 aromatic rings. The predicted octanol–water partition coefficient (Wildman–Crippen LogP) is 2.84. The Morgan fingerprint density at radius 3 is 2.50 bits per heavy atom. The maximum atomic E-state index is 11.9. The molecule has 3 N–H and O–H groups in total. The summed E-state index contributed by atoms with van der Waals surface area (Å²) in [6.45, 7) is 3.98. The summed E-state index contributed by atoms with van der Waals surface area (Å²) >= 11 is 0. The molecule has 0 spiro atoms. The van der Waals surface area contributed by atoms with Crippen LogP contribution in [-0.2, 0) is 4.79 Å². The SMILES string of the molecule is Cc1ccccc1NC(C)(C(N)=O)C1CCCC1. The quantitative estimate of drug-likeness (QED) is 0.858. The Labute approximate surface area is 109 Å². The second-order valence-corrected chi connectivity index (χ2v) is 5.49. The fraction of sp³-hybridized carbons (Fsp3) is 0.533. The van der Waals surface area contributed by atoms with Gasteiger partial charge in [-0.3, -0.25) is 4.79 Å². The molecule has 1 atom stereocenters. The van der Waals surface area contributed by atoms with Crippen LogP contribution in [0.4, 0.5) is 5.69 Å². The first-order valence-electron chi connectivity index (χ1n) is 6.68. The maximum absolute atomic E-state index is 11.9. The first-order valence-corrected chi connectivity index (χ1v) is 6.68. The average molecular weight is 246 g/mol. The molecule has 18 heavy (non-hydrogen) atoms. The van der Waals surface area contributed by atoms with Crippen LogP contribution in [0.5, 0.6) is 0 Å². The van der Waals surface area contributed by atoms with Crippen LogP contribution < -0.4 is 11.1 Å². The molecule has 0 saturated heterocycles. The van der Waals surface area contributed by atoms with E-state index in [0.29, 0.717) is 5.92 Å². The van der Waals surface area contributed by atoms with Gasteiger partial charge >= 0.3 is 0 Å². The predicted molar refractivity (Wildman–Crippen MR) is 74.4 cm³/mol. The summed E-state index contributed by atoms with van der Waals surface area (Å²) < 4.78 is 0. The Morgan fingerprint density at radius 1 is 1.33 bits per heavy atom. The second kappa shape index (κ2) is 5.01. The fourth-order valence-corrected chi connectivity index (χ4v) is 2.86. The smallest absolute Gasteiger partial charge is 0.243 e. The number of para-hydroxylation sites is 1. The van der Waals surface area contributed by atoms with Gasteiger partial charge in [0.25, 0.3) is 0 Å². The number of nitrogens with two attached hydrogens (primary N) is 1. The van der Waals surface area contributed by atoms with Crippen molar-refractivity contribution in [3.8, 4) is 0 Å². The molecule has 0 aromatic heterocycles. The molecular formula is C15H22N2O. The Morgan fingerprint density at radius 2 is 1.94 bits per heavy atom. The van der Waals surface area contributed by atoms with Gasteiger partial charge in [0.15, 0.2) is 0 Å². The van der Waals surface area contributed by atoms with Crippen molar-refractivity contribution in [2.45, 2.75) is 45.1 Å². The van der Waals surface area contributed by atoms with Gasteiger partial charge in [0, 0.05) is 5.69 Å². The Kier molecular flexibility index (Phi) is 3.60. The molecule has 1 aromatic carbocycles. The largest absolute Gasteiger partial charge is 0.371 e. The number of anilines is 1. The van der Waals surface area contributed by atoms with Crippen molar-refractivity contribution in [2.24, 2.45) is 11.7 Å². The number of aryl methyl sites for hydroxylation is 1. The topological polar surface area (TPSA) is 55.1 Å². The molecule has 0 bridgehead atoms. The lowest BCUT2D eigenvalue weighted by Gasteiger charge is -2.35. The molecule has 1 amide bonds. The van der Waals surface area contributed by atoms with Gasteiger partial charge in [0.1, 0.15) is 5.54 Å². The molecule has 0 aliphatic heterocycles. The summed E-state index contributed by atoms with van der Waals surface area (Å²) in [5, 5.41) is 3.39. The lowest BCUT2D eigenvalue weighted by molar-refractivity contribution is -0.123. The van der Waals surface area contributed by atoms with Gasteiger partial charge in [-0.05, 0) is 44.2 Å². The summed E-state index contributed by atoms with van der Waals surface area (Å²) in [6, 6.07) is 8.02. The van der Waals surface area contributed by atoms with Crippen LogP contribution >= 0.6 is 0 Å². The van der Waals surface area contributed by atoms with Crippen LogP contribution in [0, 0.1) is 12.8 Å². The van der Waals surface area contributed by atoms with E-state index in [9.17, 15) is 4.79 Å². The zero-order valence-electron chi connectivity index (χ0n) is 11.2. The minimum Gasteiger partial charge on any atom is -0.371 e. The minimum absolute atomic E-state index is 0.252. The zero-order chi connectivity index (χ0) is 13.2. The molecule has 0 radical (unpaired) electrons. The van der Waals surface area contributed by atoms with E-state index < -0.39 is 5.54 Å². The Bertz CT molecular complexity index is 438. The van der Waals surface area contributed by atoms with E-state index in [1.165, 1.54) is 12.8 Å². The van der Waals surface area contributed by atoms with Crippen molar-refractivity contribution >= 4 is 11.6 Å². The first-order chi connectivity index (χ1) is 8.54. The van der Waals surface area contributed by atoms with E-state index in [2.05, 4.69) is 5.32 Å². The van der Waals surface area contributed by atoms with E-state index in [4.69, 9.17) is 5.73 Å². The third-order valence-corrected chi connectivity index (χ3v) is 4.22. The molecule has 1 aliphatic rings. The van der Waals surface area contributed by atoms with Crippen molar-refractivity contribution in [1.82, 2.24) is 0 Å². The van der Waals surface area contributed by atoms with Crippen molar-refractivity contribution in [3.05, 3.63) is 29.8 Å². The van der Waals surface area contributed by atoms with Crippen LogP contribution in [-0.4, -0.2) is 11.4 Å². The zero-order valence-corrected chi connectivity index (χ0v) is 11.2. The lowest BCUT2D eigenvalue weighted by atomic mass is 9.83. The molecule has 1 fully saturated rings. The third kappa shape index (κ3) is 2.35. The number of amides is 1. The van der Waals surface area contributed by atoms with Gasteiger partial charge in [-0.25, -0.2) is 0 Å². The summed E-state index contributed by atoms with van der Waals surface area (Å²) in [4.78, 5) is 11.9. The molecule has 0 heterocycles. The van der Waals surface area contributed by atoms with Crippen molar-refractivity contribution in [1.29, 1.82) is 0 Å². The molecule has 98 valence electrons. The van der Waals surface area contributed by atoms with Gasteiger partial charge in [0.05, 0.1) is 0 Å². The molecule has 3 heteroatoms. The molecule has 2 rings (SSSR count). The van der Waals surface area contributed by atoms with Gasteiger partial charge in [-0.1, -0.05) is 31.0 Å². The van der Waals surface area contributed by atoms with Crippen LogP contribution in [0.25, 0.3) is 0 Å². The fourth-order valence-electron chi connectivity index (χ4n) is 2.86. The van der Waals surface area contributed by atoms with Crippen LogP contribution in [0.1, 0.15) is 38.2 Å². The van der Waals surface area contributed by atoms with Gasteiger partial charge < -0.3 is 11.1 Å². The normalized spacial score (nSPS) is 19.4. The van der Waals surface area contributed by atoms with Crippen molar-refractivity contribution in [3.63, 3.8) is 0 Å². The number of hydrogen-bond donors (Lipinski definition) is 2. The van der Waals surface area contributed by atoms with E-state index in [1.807, 2.05) is 38.1 Å². The van der Waals surface area contributed by atoms with Gasteiger partial charge in [0.2, 0.25) is 5.91 Å². The third-order valence-electron chi connectivity index (χ3n) is 4.22. The van der Waals surface area contributed by atoms with Crippen LogP contribution in [0.15, 0.2) is 24.3 Å². The second-order valence-electron chi connectivity index (χ2n) is 5.49. The summed E-state index contributed by atoms with van der Waals surface area (Å²) in [5.74, 6) is 0.0901. The number of nitrogens with one attached hydrogen (secondary N) is 1. The highest BCUT2D eigenvalue weighted by Crippen LogP contribution is 2.36. The molecule has 1 saturated carbocycles. The lowest BCUT2D eigenvalue weighted by Crippen LogP contribution is -2.53. The van der Waals surface area contributed by atoms with E-state index in [0.717, 1.165) is 24.1 Å². The van der Waals surface area contributed by atoms with E-state index in [1.54, 1.807) is 0 Å². The van der Waals surface area contributed by atoms with Crippen molar-refractivity contribution in [2.75, 3.05) is 5.32 Å². The number of hydrogen-bond acceptors (Lipinski definition) is 2. The molecule has 1 aliphatic carbocycles. The van der Waals surface area contributed by atoms with Gasteiger partial charge in [-0.15, -0.1) is 0 Å².